The van der Waals surface area contributed by atoms with Crippen LogP contribution in [0.1, 0.15) is 33.9 Å². The number of carbonyl (C=O) groups is 2. The summed E-state index contributed by atoms with van der Waals surface area (Å²) in [5.41, 5.74) is 1.51. The minimum atomic E-state index is -0.954. The van der Waals surface area contributed by atoms with Gasteiger partial charge in [-0.1, -0.05) is 54.6 Å². The van der Waals surface area contributed by atoms with Crippen molar-refractivity contribution in [2.24, 2.45) is 0 Å². The van der Waals surface area contributed by atoms with Gasteiger partial charge in [0.15, 0.2) is 0 Å². The minimum Gasteiger partial charge on any atom is -0.481 e. The van der Waals surface area contributed by atoms with Crippen molar-refractivity contribution in [1.82, 2.24) is 5.32 Å². The number of nitrogens with one attached hydrogen (secondary N) is 1. The molecule has 2 N–H and O–H groups in total. The molecular weight excluding hydrogens is 380 g/mol. The molecule has 1 unspecified atom stereocenters. The summed E-state index contributed by atoms with van der Waals surface area (Å²) in [5, 5.41) is 21.2. The first kappa shape index (κ1) is 20.6. The first-order valence-electron chi connectivity index (χ1n) is 9.40. The van der Waals surface area contributed by atoms with E-state index in [0.29, 0.717) is 22.6 Å². The average molecular weight is 400 g/mol. The molecule has 0 aliphatic carbocycles. The molecule has 0 saturated heterocycles. The molecule has 1 amide bonds. The van der Waals surface area contributed by atoms with E-state index in [1.165, 1.54) is 0 Å². The predicted octanol–water partition coefficient (Wildman–Crippen LogP) is 4.49. The van der Waals surface area contributed by atoms with Crippen LogP contribution < -0.4 is 10.1 Å². The lowest BCUT2D eigenvalue weighted by atomic mass is 10.0. The van der Waals surface area contributed by atoms with Gasteiger partial charge in [0.2, 0.25) is 0 Å². The van der Waals surface area contributed by atoms with Gasteiger partial charge in [-0.15, -0.1) is 0 Å². The highest BCUT2D eigenvalue weighted by molar-refractivity contribution is 5.96. The Bertz CT molecular complexity index is 1060. The first-order valence-corrected chi connectivity index (χ1v) is 9.40. The molecule has 0 radical (unpaired) electrons. The molecule has 0 bridgehead atoms. The third-order valence-electron chi connectivity index (χ3n) is 4.45. The zero-order valence-corrected chi connectivity index (χ0v) is 16.1. The summed E-state index contributed by atoms with van der Waals surface area (Å²) < 4.78 is 5.80. The molecule has 3 aromatic rings. The van der Waals surface area contributed by atoms with Gasteiger partial charge in [-0.25, -0.2) is 0 Å². The summed E-state index contributed by atoms with van der Waals surface area (Å²) in [5.74, 6) is -0.366. The number of carbonyl (C=O) groups excluding carboxylic acids is 1. The van der Waals surface area contributed by atoms with Crippen molar-refractivity contribution in [3.05, 3.63) is 95.6 Å². The highest BCUT2D eigenvalue weighted by Gasteiger charge is 2.19. The van der Waals surface area contributed by atoms with Crippen LogP contribution in [0, 0.1) is 11.3 Å². The number of nitrogens with zero attached hydrogens (tertiary/aromatic N) is 1. The number of hydrogen-bond donors (Lipinski definition) is 2. The molecule has 0 aliphatic rings. The topological polar surface area (TPSA) is 99.4 Å². The monoisotopic (exact) mass is 400 g/mol. The molecule has 0 saturated carbocycles. The lowest BCUT2D eigenvalue weighted by molar-refractivity contribution is -0.136. The quantitative estimate of drug-likeness (QED) is 0.580. The number of hydrogen-bond acceptors (Lipinski definition) is 4. The molecule has 150 valence electrons. The van der Waals surface area contributed by atoms with Gasteiger partial charge in [0.05, 0.1) is 6.07 Å². The van der Waals surface area contributed by atoms with Crippen molar-refractivity contribution in [1.29, 1.82) is 5.26 Å². The number of amides is 1. The molecule has 6 heteroatoms. The minimum absolute atomic E-state index is 0.112. The molecule has 6 nitrogen and oxygen atoms in total. The Balaban J connectivity index is 1.88. The van der Waals surface area contributed by atoms with Crippen LogP contribution in [0.3, 0.4) is 0 Å². The molecule has 0 heterocycles. The maximum Gasteiger partial charge on any atom is 0.303 e. The van der Waals surface area contributed by atoms with Gasteiger partial charge in [0.25, 0.3) is 5.91 Å². The van der Waals surface area contributed by atoms with Gasteiger partial charge in [-0.2, -0.15) is 5.26 Å². The van der Waals surface area contributed by atoms with Gasteiger partial charge in [0.1, 0.15) is 17.5 Å². The largest absolute Gasteiger partial charge is 0.481 e. The van der Waals surface area contributed by atoms with E-state index in [9.17, 15) is 14.9 Å². The number of ether oxygens (including phenoxy) is 1. The number of nitriles is 1. The molecule has 0 fully saturated rings. The number of carboxylic acid groups (broad SMARTS) is 1. The van der Waals surface area contributed by atoms with Crippen LogP contribution in [0.25, 0.3) is 0 Å². The van der Waals surface area contributed by atoms with Crippen LogP contribution >= 0.6 is 0 Å². The molecule has 1 atom stereocenters. The van der Waals surface area contributed by atoms with E-state index in [2.05, 4.69) is 11.4 Å². The van der Waals surface area contributed by atoms with Crippen molar-refractivity contribution in [3.8, 4) is 17.6 Å². The number of rotatable bonds is 8. The molecule has 0 aliphatic heterocycles. The van der Waals surface area contributed by atoms with Gasteiger partial charge in [-0.05, 0) is 41.8 Å². The van der Waals surface area contributed by atoms with Crippen LogP contribution in [0.4, 0.5) is 0 Å². The predicted molar refractivity (Wildman–Crippen MR) is 111 cm³/mol. The van der Waals surface area contributed by atoms with E-state index in [1.807, 2.05) is 24.3 Å². The summed E-state index contributed by atoms with van der Waals surface area (Å²) in [6.45, 7) is 0. The number of aliphatic carboxylic acids is 1. The third-order valence-corrected chi connectivity index (χ3v) is 4.45. The van der Waals surface area contributed by atoms with Crippen molar-refractivity contribution in [2.75, 3.05) is 0 Å². The van der Waals surface area contributed by atoms with Crippen molar-refractivity contribution < 1.29 is 19.4 Å². The summed E-state index contributed by atoms with van der Waals surface area (Å²) in [4.78, 5) is 24.0. The highest BCUT2D eigenvalue weighted by atomic mass is 16.5. The van der Waals surface area contributed by atoms with Crippen LogP contribution in [0.15, 0.2) is 78.9 Å². The zero-order chi connectivity index (χ0) is 21.3. The molecule has 3 rings (SSSR count). The molecular formula is C24H20N2O4. The maximum absolute atomic E-state index is 13.0. The number of aryl methyl sites for hydroxylation is 1. The number of benzene rings is 3. The van der Waals surface area contributed by atoms with E-state index in [4.69, 9.17) is 9.84 Å². The average Bonchev–Trinajstić information content (AvgIpc) is 2.77. The van der Waals surface area contributed by atoms with E-state index in [0.717, 1.165) is 0 Å². The van der Waals surface area contributed by atoms with Crippen molar-refractivity contribution in [2.45, 2.75) is 18.9 Å². The van der Waals surface area contributed by atoms with Gasteiger partial charge in [0, 0.05) is 12.0 Å². The zero-order valence-electron chi connectivity index (χ0n) is 16.1. The van der Waals surface area contributed by atoms with E-state index >= 15 is 0 Å². The van der Waals surface area contributed by atoms with E-state index in [-0.39, 0.29) is 18.4 Å². The Morgan fingerprint density at radius 3 is 2.27 bits per heavy atom. The van der Waals surface area contributed by atoms with E-state index < -0.39 is 17.9 Å². The summed E-state index contributed by atoms with van der Waals surface area (Å²) >= 11 is 0. The Hall–Kier alpha value is -4.11. The van der Waals surface area contributed by atoms with Crippen LogP contribution in [0.5, 0.6) is 11.5 Å². The second-order valence-electron chi connectivity index (χ2n) is 6.57. The second-order valence-corrected chi connectivity index (χ2v) is 6.57. The third kappa shape index (κ3) is 5.46. The van der Waals surface area contributed by atoms with Crippen LogP contribution in [-0.2, 0) is 11.2 Å². The summed E-state index contributed by atoms with van der Waals surface area (Å²) in [6.07, 6.45) is 0.0752. The van der Waals surface area contributed by atoms with Crippen molar-refractivity contribution >= 4 is 11.9 Å². The maximum atomic E-state index is 13.0. The fraction of sp³-hybridized carbons (Fsp3) is 0.125. The molecule has 0 spiro atoms. The molecule has 3 aromatic carbocycles. The SMILES string of the molecule is N#CC(NC(=O)c1cc(Oc2ccccc2)ccc1CCC(=O)O)c1ccccc1. The Labute approximate surface area is 174 Å². The van der Waals surface area contributed by atoms with Gasteiger partial charge < -0.3 is 15.2 Å². The Kier molecular flexibility index (Phi) is 6.80. The van der Waals surface area contributed by atoms with Crippen LogP contribution in [0.2, 0.25) is 0 Å². The molecule has 0 aromatic heterocycles. The summed E-state index contributed by atoms with van der Waals surface area (Å²) in [6, 6.07) is 24.2. The fourth-order valence-electron chi connectivity index (χ4n) is 2.96. The van der Waals surface area contributed by atoms with E-state index in [1.54, 1.807) is 54.6 Å². The lowest BCUT2D eigenvalue weighted by Crippen LogP contribution is -2.28. The van der Waals surface area contributed by atoms with Crippen LogP contribution in [-0.4, -0.2) is 17.0 Å². The lowest BCUT2D eigenvalue weighted by Gasteiger charge is -2.15. The van der Waals surface area contributed by atoms with Gasteiger partial charge >= 0.3 is 5.97 Å². The smallest absolute Gasteiger partial charge is 0.303 e. The number of carboxylic acids is 1. The highest BCUT2D eigenvalue weighted by Crippen LogP contribution is 2.25. The number of para-hydroxylation sites is 1. The summed E-state index contributed by atoms with van der Waals surface area (Å²) in [7, 11) is 0. The first-order chi connectivity index (χ1) is 14.6. The normalized spacial score (nSPS) is 11.2. The van der Waals surface area contributed by atoms with Gasteiger partial charge in [-0.3, -0.25) is 9.59 Å². The molecule has 30 heavy (non-hydrogen) atoms. The Morgan fingerprint density at radius 2 is 1.63 bits per heavy atom. The standard InChI is InChI=1S/C24H20N2O4/c25-16-22(18-7-3-1-4-8-18)26-24(29)21-15-20(30-19-9-5-2-6-10-19)13-11-17(21)12-14-23(27)28/h1-11,13,15,22H,12,14H2,(H,26,29)(H,27,28). The van der Waals surface area contributed by atoms with Crippen molar-refractivity contribution in [3.63, 3.8) is 0 Å². The second kappa shape index (κ2) is 9.89. The fourth-order valence-corrected chi connectivity index (χ4v) is 2.96. The Morgan fingerprint density at radius 1 is 0.967 bits per heavy atom.